The molecule has 21 heavy (non-hydrogen) atoms. The van der Waals surface area contributed by atoms with Crippen molar-refractivity contribution in [2.75, 3.05) is 0 Å². The highest BCUT2D eigenvalue weighted by Crippen LogP contribution is 2.26. The molecular formula is C15H16F2N2O2. The van der Waals surface area contributed by atoms with Crippen LogP contribution >= 0.6 is 0 Å². The Kier molecular flexibility index (Phi) is 4.06. The molecule has 0 atom stereocenters. The molecule has 112 valence electrons. The zero-order chi connectivity index (χ0) is 15.6. The quantitative estimate of drug-likeness (QED) is 0.807. The van der Waals surface area contributed by atoms with Crippen LogP contribution in [0.25, 0.3) is 11.3 Å². The summed E-state index contributed by atoms with van der Waals surface area (Å²) in [5.74, 6) is 0.0663. The summed E-state index contributed by atoms with van der Waals surface area (Å²) in [6.07, 6.45) is 2.40. The van der Waals surface area contributed by atoms with E-state index in [0.29, 0.717) is 16.8 Å². The minimum atomic E-state index is -2.86. The minimum absolute atomic E-state index is 0.0663. The fourth-order valence-corrected chi connectivity index (χ4v) is 1.84. The Morgan fingerprint density at radius 3 is 2.33 bits per heavy atom. The van der Waals surface area contributed by atoms with Crippen LogP contribution in [0.15, 0.2) is 30.5 Å². The molecule has 0 N–H and O–H groups in total. The first kappa shape index (κ1) is 15.2. The lowest BCUT2D eigenvalue weighted by atomic mass is 10.1. The smallest absolute Gasteiger partial charge is 0.387 e. The predicted molar refractivity (Wildman–Crippen MR) is 74.7 cm³/mol. The summed E-state index contributed by atoms with van der Waals surface area (Å²) in [5, 5.41) is 4.41. The highest BCUT2D eigenvalue weighted by Gasteiger charge is 2.18. The average Bonchev–Trinajstić information content (AvgIpc) is 2.83. The molecule has 2 aromatic rings. The van der Waals surface area contributed by atoms with Gasteiger partial charge in [0.1, 0.15) is 11.4 Å². The summed E-state index contributed by atoms with van der Waals surface area (Å²) in [5.41, 5.74) is 1.38. The molecule has 0 unspecified atom stereocenters. The Hall–Kier alpha value is -2.24. The second kappa shape index (κ2) is 5.63. The number of hydrogen-bond donors (Lipinski definition) is 0. The van der Waals surface area contributed by atoms with Crippen molar-refractivity contribution in [1.29, 1.82) is 0 Å². The summed E-state index contributed by atoms with van der Waals surface area (Å²) in [7, 11) is 0. The van der Waals surface area contributed by atoms with Crippen LogP contribution in [0.1, 0.15) is 31.1 Å². The van der Waals surface area contributed by atoms with Crippen LogP contribution in [0.3, 0.4) is 0 Å². The van der Waals surface area contributed by atoms with Crippen LogP contribution in [-0.2, 0) is 5.54 Å². The maximum absolute atomic E-state index is 12.1. The van der Waals surface area contributed by atoms with Crippen molar-refractivity contribution in [3.63, 3.8) is 0 Å². The van der Waals surface area contributed by atoms with E-state index in [1.54, 1.807) is 23.0 Å². The third kappa shape index (κ3) is 3.45. The predicted octanol–water partition coefficient (Wildman–Crippen LogP) is 3.72. The topological polar surface area (TPSA) is 44.1 Å². The lowest BCUT2D eigenvalue weighted by Gasteiger charge is -2.18. The zero-order valence-electron chi connectivity index (χ0n) is 12.0. The molecule has 4 nitrogen and oxygen atoms in total. The van der Waals surface area contributed by atoms with Gasteiger partial charge in [-0.05, 0) is 45.0 Å². The molecule has 1 aromatic heterocycles. The van der Waals surface area contributed by atoms with Gasteiger partial charge in [0.05, 0.1) is 11.1 Å². The summed E-state index contributed by atoms with van der Waals surface area (Å²) in [4.78, 5) is 11.2. The maximum atomic E-state index is 12.1. The molecule has 1 aromatic carbocycles. The van der Waals surface area contributed by atoms with Gasteiger partial charge in [-0.2, -0.15) is 13.9 Å². The Labute approximate surface area is 121 Å². The van der Waals surface area contributed by atoms with Gasteiger partial charge in [-0.3, -0.25) is 9.48 Å². The summed E-state index contributed by atoms with van der Waals surface area (Å²) >= 11 is 0. The number of aldehydes is 1. The number of rotatable bonds is 4. The number of carbonyl (C=O) groups is 1. The van der Waals surface area contributed by atoms with Gasteiger partial charge in [-0.1, -0.05) is 0 Å². The summed E-state index contributed by atoms with van der Waals surface area (Å²) in [6, 6.07) is 6.04. The molecule has 0 saturated carbocycles. The number of ether oxygens (including phenoxy) is 1. The Bertz CT molecular complexity index is 628. The van der Waals surface area contributed by atoms with Crippen molar-refractivity contribution in [2.45, 2.75) is 32.9 Å². The standard InChI is InChI=1S/C15H16F2N2O2/c1-15(2,3)19-8-11(9-20)13(18-19)10-4-6-12(7-5-10)21-14(16)17/h4-9,14H,1-3H3. The molecule has 0 bridgehead atoms. The SMILES string of the molecule is CC(C)(C)n1cc(C=O)c(-c2ccc(OC(F)F)cc2)n1. The first-order valence-corrected chi connectivity index (χ1v) is 6.42. The van der Waals surface area contributed by atoms with Gasteiger partial charge < -0.3 is 4.74 Å². The second-order valence-electron chi connectivity index (χ2n) is 5.57. The maximum Gasteiger partial charge on any atom is 0.387 e. The van der Waals surface area contributed by atoms with Gasteiger partial charge in [0, 0.05) is 11.8 Å². The number of nitrogens with zero attached hydrogens (tertiary/aromatic N) is 2. The highest BCUT2D eigenvalue weighted by atomic mass is 19.3. The molecule has 2 rings (SSSR count). The third-order valence-electron chi connectivity index (χ3n) is 2.91. The lowest BCUT2D eigenvalue weighted by molar-refractivity contribution is -0.0498. The molecule has 0 spiro atoms. The fourth-order valence-electron chi connectivity index (χ4n) is 1.84. The molecule has 0 aliphatic carbocycles. The van der Waals surface area contributed by atoms with Gasteiger partial charge in [0.25, 0.3) is 0 Å². The Balaban J connectivity index is 2.37. The number of carbonyl (C=O) groups excluding carboxylic acids is 1. The van der Waals surface area contributed by atoms with E-state index in [1.165, 1.54) is 12.1 Å². The molecule has 0 radical (unpaired) electrons. The normalized spacial score (nSPS) is 11.7. The first-order chi connectivity index (χ1) is 9.81. The van der Waals surface area contributed by atoms with Crippen molar-refractivity contribution in [2.24, 2.45) is 0 Å². The fraction of sp³-hybridized carbons (Fsp3) is 0.333. The summed E-state index contributed by atoms with van der Waals surface area (Å²) < 4.78 is 30.2. The van der Waals surface area contributed by atoms with Gasteiger partial charge in [-0.15, -0.1) is 0 Å². The van der Waals surface area contributed by atoms with E-state index >= 15 is 0 Å². The number of alkyl halides is 2. The van der Waals surface area contributed by atoms with E-state index in [9.17, 15) is 13.6 Å². The molecular weight excluding hydrogens is 278 g/mol. The van der Waals surface area contributed by atoms with Gasteiger partial charge >= 0.3 is 6.61 Å². The van der Waals surface area contributed by atoms with Gasteiger partial charge in [-0.25, -0.2) is 0 Å². The lowest BCUT2D eigenvalue weighted by Crippen LogP contribution is -2.22. The van der Waals surface area contributed by atoms with Crippen molar-refractivity contribution in [3.05, 3.63) is 36.0 Å². The monoisotopic (exact) mass is 294 g/mol. The van der Waals surface area contributed by atoms with Crippen LogP contribution < -0.4 is 4.74 Å². The average molecular weight is 294 g/mol. The number of benzene rings is 1. The van der Waals surface area contributed by atoms with Crippen LogP contribution in [0.4, 0.5) is 8.78 Å². The van der Waals surface area contributed by atoms with Gasteiger partial charge in [0.2, 0.25) is 0 Å². The van der Waals surface area contributed by atoms with E-state index in [2.05, 4.69) is 9.84 Å². The van der Waals surface area contributed by atoms with Crippen LogP contribution in [0.5, 0.6) is 5.75 Å². The van der Waals surface area contributed by atoms with Crippen LogP contribution in [0.2, 0.25) is 0 Å². The molecule has 0 aliphatic heterocycles. The number of hydrogen-bond acceptors (Lipinski definition) is 3. The molecule has 0 saturated heterocycles. The Morgan fingerprint density at radius 2 is 1.86 bits per heavy atom. The zero-order valence-corrected chi connectivity index (χ0v) is 12.0. The first-order valence-electron chi connectivity index (χ1n) is 6.42. The van der Waals surface area contributed by atoms with Gasteiger partial charge in [0.15, 0.2) is 6.29 Å². The molecule has 1 heterocycles. The highest BCUT2D eigenvalue weighted by molar-refractivity contribution is 5.85. The molecule has 0 fully saturated rings. The van der Waals surface area contributed by atoms with Crippen molar-refractivity contribution >= 4 is 6.29 Å². The summed E-state index contributed by atoms with van der Waals surface area (Å²) in [6.45, 7) is 3.05. The van der Waals surface area contributed by atoms with Crippen molar-refractivity contribution in [1.82, 2.24) is 9.78 Å². The number of aromatic nitrogens is 2. The number of halogens is 2. The van der Waals surface area contributed by atoms with E-state index < -0.39 is 6.61 Å². The van der Waals surface area contributed by atoms with Crippen molar-refractivity contribution in [3.8, 4) is 17.0 Å². The largest absolute Gasteiger partial charge is 0.435 e. The van der Waals surface area contributed by atoms with E-state index in [4.69, 9.17) is 0 Å². The molecule has 0 aliphatic rings. The van der Waals surface area contributed by atoms with Crippen LogP contribution in [-0.4, -0.2) is 22.7 Å². The minimum Gasteiger partial charge on any atom is -0.435 e. The molecule has 0 amide bonds. The van der Waals surface area contributed by atoms with E-state index in [1.807, 2.05) is 20.8 Å². The Morgan fingerprint density at radius 1 is 1.24 bits per heavy atom. The van der Waals surface area contributed by atoms with E-state index in [-0.39, 0.29) is 11.3 Å². The second-order valence-corrected chi connectivity index (χ2v) is 5.57. The molecule has 6 heteroatoms. The van der Waals surface area contributed by atoms with Crippen molar-refractivity contribution < 1.29 is 18.3 Å². The van der Waals surface area contributed by atoms with E-state index in [0.717, 1.165) is 6.29 Å². The van der Waals surface area contributed by atoms with Crippen LogP contribution in [0, 0.1) is 0 Å². The third-order valence-corrected chi connectivity index (χ3v) is 2.91.